The Morgan fingerprint density at radius 2 is 0.857 bits per heavy atom. The fourth-order valence-corrected chi connectivity index (χ4v) is 8.61. The van der Waals surface area contributed by atoms with Gasteiger partial charge in [0.1, 0.15) is 6.10 Å². The van der Waals surface area contributed by atoms with Crippen molar-refractivity contribution >= 4 is 11.9 Å². The molecule has 3 unspecified atom stereocenters. The van der Waals surface area contributed by atoms with Crippen LogP contribution < -0.4 is 5.32 Å². The highest BCUT2D eigenvalue weighted by atomic mass is 16.5. The van der Waals surface area contributed by atoms with Crippen molar-refractivity contribution in [1.82, 2.24) is 5.32 Å². The van der Waals surface area contributed by atoms with E-state index < -0.39 is 18.2 Å². The van der Waals surface area contributed by atoms with E-state index in [0.717, 1.165) is 70.6 Å². The molecule has 3 atom stereocenters. The summed E-state index contributed by atoms with van der Waals surface area (Å²) < 4.78 is 5.94. The van der Waals surface area contributed by atoms with Crippen molar-refractivity contribution in [2.45, 2.75) is 309 Å². The third-order valence-corrected chi connectivity index (χ3v) is 12.8. The number of hydrogen-bond acceptors (Lipinski definition) is 5. The van der Waals surface area contributed by atoms with E-state index in [2.05, 4.69) is 62.5 Å². The van der Waals surface area contributed by atoms with Gasteiger partial charge in [-0.2, -0.15) is 0 Å². The van der Waals surface area contributed by atoms with Gasteiger partial charge in [-0.15, -0.1) is 0 Å². The van der Waals surface area contributed by atoms with Crippen molar-refractivity contribution in [3.05, 3.63) is 36.5 Å². The molecule has 0 saturated carbocycles. The summed E-state index contributed by atoms with van der Waals surface area (Å²) in [5.74, 6) is -0.483. The molecule has 0 aromatic carbocycles. The molecule has 6 heteroatoms. The lowest BCUT2D eigenvalue weighted by molar-refractivity contribution is -0.151. The van der Waals surface area contributed by atoms with Crippen LogP contribution in [0.5, 0.6) is 0 Å². The lowest BCUT2D eigenvalue weighted by Gasteiger charge is -2.24. The topological polar surface area (TPSA) is 95.9 Å². The summed E-state index contributed by atoms with van der Waals surface area (Å²) in [5.41, 5.74) is 0. The molecular formula is C57H107NO5. The number of unbranched alkanes of at least 4 members (excludes halogenated alkanes) is 34. The first-order valence-corrected chi connectivity index (χ1v) is 27.7. The minimum atomic E-state index is -0.789. The number of aliphatic hydroxyl groups is 2. The Bertz CT molecular complexity index is 1040. The predicted octanol–water partition coefficient (Wildman–Crippen LogP) is 16.8. The second-order valence-corrected chi connectivity index (χ2v) is 19.0. The van der Waals surface area contributed by atoms with Gasteiger partial charge in [-0.05, 0) is 44.9 Å². The highest BCUT2D eigenvalue weighted by Crippen LogP contribution is 2.19. The van der Waals surface area contributed by atoms with E-state index in [-0.39, 0.29) is 24.9 Å². The molecule has 0 aliphatic heterocycles. The van der Waals surface area contributed by atoms with Crippen LogP contribution >= 0.6 is 0 Å². The van der Waals surface area contributed by atoms with Crippen LogP contribution in [0.15, 0.2) is 36.5 Å². The molecule has 3 N–H and O–H groups in total. The Kier molecular flexibility index (Phi) is 49.5. The SMILES string of the molecule is CC/C=C/C=C/C=C\CCCCCCCC(=O)OC(CCCCCCCCCCCCCCCCC)CC(=O)NC(CO)C(O)CCCCCCCCCCCCCCCCCC. The predicted molar refractivity (Wildman–Crippen MR) is 273 cm³/mol. The Morgan fingerprint density at radius 1 is 0.476 bits per heavy atom. The number of esters is 1. The molecule has 0 fully saturated rings. The lowest BCUT2D eigenvalue weighted by atomic mass is 10.0. The van der Waals surface area contributed by atoms with Gasteiger partial charge in [-0.1, -0.05) is 269 Å². The first-order chi connectivity index (χ1) is 31.0. The first-order valence-electron chi connectivity index (χ1n) is 27.7. The van der Waals surface area contributed by atoms with Gasteiger partial charge >= 0.3 is 5.97 Å². The highest BCUT2D eigenvalue weighted by Gasteiger charge is 2.24. The summed E-state index contributed by atoms with van der Waals surface area (Å²) in [6.07, 6.45) is 60.6. The zero-order chi connectivity index (χ0) is 45.9. The fourth-order valence-electron chi connectivity index (χ4n) is 8.61. The van der Waals surface area contributed by atoms with E-state index in [1.807, 2.05) is 0 Å². The third kappa shape index (κ3) is 46.4. The van der Waals surface area contributed by atoms with E-state index in [9.17, 15) is 19.8 Å². The molecule has 6 nitrogen and oxygen atoms in total. The summed E-state index contributed by atoms with van der Waals surface area (Å²) in [5, 5.41) is 23.9. The van der Waals surface area contributed by atoms with Gasteiger partial charge < -0.3 is 20.3 Å². The average molecular weight is 886 g/mol. The molecule has 0 aromatic heterocycles. The van der Waals surface area contributed by atoms with Crippen LogP contribution in [0, 0.1) is 0 Å². The quantitative estimate of drug-likeness (QED) is 0.0321. The summed E-state index contributed by atoms with van der Waals surface area (Å²) in [6, 6.07) is -0.703. The number of aliphatic hydroxyl groups excluding tert-OH is 2. The fraction of sp³-hybridized carbons (Fsp3) is 0.860. The van der Waals surface area contributed by atoms with E-state index >= 15 is 0 Å². The van der Waals surface area contributed by atoms with E-state index in [0.29, 0.717) is 19.3 Å². The number of allylic oxidation sites excluding steroid dienone is 6. The Labute approximate surface area is 392 Å². The standard InChI is InChI=1S/C57H107NO5/c1-4-7-10-13-16-19-22-25-27-29-32-34-37-40-43-46-49-55(60)54(52-59)58-56(61)51-53(48-45-42-39-36-33-31-28-26-23-20-17-14-11-8-5-2)63-57(62)50-47-44-41-38-35-30-24-21-18-15-12-9-6-3/h9,12,15,18,21,24,53-55,59-60H,4-8,10-11,13-14,16-17,19-20,22-23,25-52H2,1-3H3,(H,58,61)/b12-9+,18-15+,24-21-. The molecule has 1 amide bonds. The van der Waals surface area contributed by atoms with E-state index in [1.165, 1.54) is 173 Å². The van der Waals surface area contributed by atoms with E-state index in [1.54, 1.807) is 0 Å². The minimum absolute atomic E-state index is 0.0736. The molecule has 0 radical (unpaired) electrons. The number of ether oxygens (including phenoxy) is 1. The summed E-state index contributed by atoms with van der Waals surface area (Å²) >= 11 is 0. The number of hydrogen-bond donors (Lipinski definition) is 3. The van der Waals surface area contributed by atoms with Crippen molar-refractivity contribution in [1.29, 1.82) is 0 Å². The number of carbonyl (C=O) groups excluding carboxylic acids is 2. The van der Waals surface area contributed by atoms with Crippen LogP contribution in [0.4, 0.5) is 0 Å². The number of nitrogens with one attached hydrogen (secondary N) is 1. The van der Waals surface area contributed by atoms with Crippen LogP contribution in [0.3, 0.4) is 0 Å². The van der Waals surface area contributed by atoms with Crippen molar-refractivity contribution in [3.8, 4) is 0 Å². The average Bonchev–Trinajstić information content (AvgIpc) is 3.28. The molecule has 0 heterocycles. The van der Waals surface area contributed by atoms with Crippen LogP contribution in [-0.4, -0.2) is 46.9 Å². The Balaban J connectivity index is 4.53. The van der Waals surface area contributed by atoms with Gasteiger partial charge in [0.05, 0.1) is 25.2 Å². The van der Waals surface area contributed by atoms with E-state index in [4.69, 9.17) is 4.74 Å². The van der Waals surface area contributed by atoms with Gasteiger partial charge in [0.25, 0.3) is 0 Å². The Morgan fingerprint density at radius 3 is 1.29 bits per heavy atom. The summed E-state index contributed by atoms with van der Waals surface area (Å²) in [7, 11) is 0. The molecule has 0 aliphatic carbocycles. The second-order valence-electron chi connectivity index (χ2n) is 19.0. The molecule has 370 valence electrons. The summed E-state index contributed by atoms with van der Waals surface area (Å²) in [6.45, 7) is 6.38. The zero-order valence-corrected chi connectivity index (χ0v) is 42.2. The van der Waals surface area contributed by atoms with Crippen LogP contribution in [0.25, 0.3) is 0 Å². The van der Waals surface area contributed by atoms with Gasteiger partial charge in [-0.3, -0.25) is 9.59 Å². The molecule has 0 spiro atoms. The number of amides is 1. The number of rotatable bonds is 50. The smallest absolute Gasteiger partial charge is 0.306 e. The van der Waals surface area contributed by atoms with Gasteiger partial charge in [0.15, 0.2) is 0 Å². The maximum atomic E-state index is 13.2. The summed E-state index contributed by atoms with van der Waals surface area (Å²) in [4.78, 5) is 26.2. The van der Waals surface area contributed by atoms with Gasteiger partial charge in [0, 0.05) is 6.42 Å². The van der Waals surface area contributed by atoms with Crippen molar-refractivity contribution in [2.75, 3.05) is 6.61 Å². The normalized spacial score (nSPS) is 13.4. The molecular weight excluding hydrogens is 779 g/mol. The molecule has 0 bridgehead atoms. The first kappa shape index (κ1) is 61.1. The molecule has 0 saturated heterocycles. The van der Waals surface area contributed by atoms with Crippen LogP contribution in [0.2, 0.25) is 0 Å². The molecule has 0 aliphatic rings. The maximum Gasteiger partial charge on any atom is 0.306 e. The molecule has 0 rings (SSSR count). The Hall–Kier alpha value is -1.92. The highest BCUT2D eigenvalue weighted by molar-refractivity contribution is 5.77. The monoisotopic (exact) mass is 886 g/mol. The zero-order valence-electron chi connectivity index (χ0n) is 42.2. The van der Waals surface area contributed by atoms with Crippen molar-refractivity contribution in [2.24, 2.45) is 0 Å². The maximum absolute atomic E-state index is 13.2. The largest absolute Gasteiger partial charge is 0.462 e. The second kappa shape index (κ2) is 51.1. The number of carbonyl (C=O) groups is 2. The third-order valence-electron chi connectivity index (χ3n) is 12.8. The van der Waals surface area contributed by atoms with Crippen molar-refractivity contribution < 1.29 is 24.5 Å². The molecule has 63 heavy (non-hydrogen) atoms. The van der Waals surface area contributed by atoms with Gasteiger partial charge in [-0.25, -0.2) is 0 Å². The minimum Gasteiger partial charge on any atom is -0.462 e. The van der Waals surface area contributed by atoms with Crippen molar-refractivity contribution in [3.63, 3.8) is 0 Å². The van der Waals surface area contributed by atoms with Crippen LogP contribution in [-0.2, 0) is 14.3 Å². The molecule has 0 aromatic rings. The lowest BCUT2D eigenvalue weighted by Crippen LogP contribution is -2.46. The van der Waals surface area contributed by atoms with Gasteiger partial charge in [0.2, 0.25) is 5.91 Å². The van der Waals surface area contributed by atoms with Crippen LogP contribution in [0.1, 0.15) is 290 Å².